The molecule has 1 saturated heterocycles. The molecule has 2 unspecified atom stereocenters. The van der Waals surface area contributed by atoms with Crippen LogP contribution in [0.1, 0.15) is 67.7 Å². The van der Waals surface area contributed by atoms with Gasteiger partial charge in [-0.05, 0) is 52.2 Å². The largest absolute Gasteiger partial charge is 0.459 e. The highest BCUT2D eigenvalue weighted by molar-refractivity contribution is 5.88. The summed E-state index contributed by atoms with van der Waals surface area (Å²) in [4.78, 5) is 50.4. The van der Waals surface area contributed by atoms with Crippen LogP contribution in [0.15, 0.2) is 22.8 Å². The predicted octanol–water partition coefficient (Wildman–Crippen LogP) is 1.02. The van der Waals surface area contributed by atoms with Gasteiger partial charge in [-0.25, -0.2) is 9.59 Å². The van der Waals surface area contributed by atoms with E-state index in [2.05, 4.69) is 0 Å². The van der Waals surface area contributed by atoms with Crippen LogP contribution in [0.25, 0.3) is 0 Å². The topological polar surface area (TPSA) is 166 Å². The Labute approximate surface area is 215 Å². The van der Waals surface area contributed by atoms with E-state index in [0.717, 1.165) is 13.8 Å². The number of esters is 4. The highest BCUT2D eigenvalue weighted by Crippen LogP contribution is 2.56. The van der Waals surface area contributed by atoms with Crippen molar-refractivity contribution < 1.29 is 53.4 Å². The number of ether oxygens (including phenoxy) is 4. The first-order valence-electron chi connectivity index (χ1n) is 12.3. The molecule has 0 aromatic carbocycles. The van der Waals surface area contributed by atoms with Gasteiger partial charge in [-0.3, -0.25) is 9.59 Å². The van der Waals surface area contributed by atoms with Gasteiger partial charge in [0.1, 0.15) is 5.60 Å². The Bertz CT molecular complexity index is 1060. The highest BCUT2D eigenvalue weighted by Gasteiger charge is 2.74. The maximum absolute atomic E-state index is 12.8. The number of carbonyl (C=O) groups excluding carboxylic acids is 4. The fourth-order valence-corrected chi connectivity index (χ4v) is 5.71. The average Bonchev–Trinajstić information content (AvgIpc) is 3.13. The van der Waals surface area contributed by atoms with Crippen molar-refractivity contribution in [2.75, 3.05) is 0 Å². The van der Waals surface area contributed by atoms with Gasteiger partial charge >= 0.3 is 23.9 Å². The standard InChI is InChI=1S/C26H36O11/c1-8-10-16(29)34-20-18-17(13(4)19(20)35-22(30)12(3)9-2)21-26(33,25(7,32)23(31)36-21)15(28)11-24(18,6)37-14(5)27/h9,15,18-21,28,32-33H,8,10-11H2,1-7H3/b12-9+/t15-,18?,19-,20?,21-,24-,25+,26+/m1/s1. The zero-order valence-electron chi connectivity index (χ0n) is 22.2. The van der Waals surface area contributed by atoms with Gasteiger partial charge in [-0.15, -0.1) is 0 Å². The van der Waals surface area contributed by atoms with E-state index < -0.39 is 77.4 Å². The second kappa shape index (κ2) is 9.85. The molecule has 0 aromatic heterocycles. The second-order valence-corrected chi connectivity index (χ2v) is 10.4. The lowest BCUT2D eigenvalue weighted by atomic mass is 9.75. The number of aliphatic hydroxyl groups excluding tert-OH is 1. The number of allylic oxidation sites excluding steroid dienone is 1. The minimum atomic E-state index is -2.55. The SMILES string of the molecule is C/C=C(\C)C(=O)O[C@@H]1C(C)=C2C(C1OC(=O)CCC)[C@](C)(OC(C)=O)C[C@@H](O)[C@]1(O)[C@@H]2OC(=O)[C@]1(C)O. The third-order valence-electron chi connectivity index (χ3n) is 7.78. The quantitative estimate of drug-likeness (QED) is 0.196. The van der Waals surface area contributed by atoms with Crippen LogP contribution in [0.2, 0.25) is 0 Å². The molecule has 3 N–H and O–H groups in total. The van der Waals surface area contributed by atoms with Crippen LogP contribution in [-0.4, -0.2) is 80.4 Å². The highest BCUT2D eigenvalue weighted by atomic mass is 16.6. The lowest BCUT2D eigenvalue weighted by molar-refractivity contribution is -0.199. The van der Waals surface area contributed by atoms with Gasteiger partial charge in [0.2, 0.25) is 0 Å². The summed E-state index contributed by atoms with van der Waals surface area (Å²) in [6.45, 7) is 10.2. The molecular formula is C26H36O11. The Kier molecular flexibility index (Phi) is 7.66. The molecule has 0 radical (unpaired) electrons. The molecule has 3 rings (SSSR count). The summed E-state index contributed by atoms with van der Waals surface area (Å²) in [6.07, 6.45) is -4.23. The lowest BCUT2D eigenvalue weighted by Gasteiger charge is -2.40. The van der Waals surface area contributed by atoms with E-state index >= 15 is 0 Å². The van der Waals surface area contributed by atoms with Crippen molar-refractivity contribution in [1.29, 1.82) is 0 Å². The summed E-state index contributed by atoms with van der Waals surface area (Å²) in [7, 11) is 0. The van der Waals surface area contributed by atoms with Crippen LogP contribution < -0.4 is 0 Å². The van der Waals surface area contributed by atoms with Crippen LogP contribution in [0.5, 0.6) is 0 Å². The van der Waals surface area contributed by atoms with Crippen molar-refractivity contribution in [3.8, 4) is 0 Å². The van der Waals surface area contributed by atoms with Crippen molar-refractivity contribution in [2.24, 2.45) is 5.92 Å². The first-order valence-corrected chi connectivity index (χ1v) is 12.3. The van der Waals surface area contributed by atoms with Gasteiger partial charge in [-0.1, -0.05) is 13.0 Å². The minimum Gasteiger partial charge on any atom is -0.459 e. The molecule has 1 saturated carbocycles. The molecular weight excluding hydrogens is 488 g/mol. The molecule has 11 heteroatoms. The Balaban J connectivity index is 2.28. The van der Waals surface area contributed by atoms with E-state index in [9.17, 15) is 34.5 Å². The Hall–Kier alpha value is -2.76. The molecule has 1 aliphatic heterocycles. The molecule has 0 bridgehead atoms. The maximum Gasteiger partial charge on any atom is 0.341 e. The number of fused-ring (bicyclic) bond motifs is 3. The molecule has 0 amide bonds. The molecule has 0 spiro atoms. The van der Waals surface area contributed by atoms with E-state index in [1.807, 2.05) is 0 Å². The molecule has 3 aliphatic rings. The summed E-state index contributed by atoms with van der Waals surface area (Å²) in [5.41, 5.74) is -6.00. The first-order chi connectivity index (χ1) is 17.1. The fourth-order valence-electron chi connectivity index (χ4n) is 5.71. The molecule has 8 atom stereocenters. The average molecular weight is 525 g/mol. The van der Waals surface area contributed by atoms with E-state index in [1.54, 1.807) is 33.8 Å². The number of hydrogen-bond acceptors (Lipinski definition) is 11. The van der Waals surface area contributed by atoms with Crippen LogP contribution in [0.3, 0.4) is 0 Å². The third kappa shape index (κ3) is 4.46. The van der Waals surface area contributed by atoms with Gasteiger partial charge < -0.3 is 34.3 Å². The normalized spacial score (nSPS) is 39.4. The van der Waals surface area contributed by atoms with Crippen molar-refractivity contribution in [3.63, 3.8) is 0 Å². The van der Waals surface area contributed by atoms with Gasteiger partial charge in [0.25, 0.3) is 0 Å². The number of hydrogen-bond donors (Lipinski definition) is 3. The number of aliphatic hydroxyl groups is 3. The molecule has 1 heterocycles. The summed E-state index contributed by atoms with van der Waals surface area (Å²) < 4.78 is 22.7. The van der Waals surface area contributed by atoms with Crippen LogP contribution in [0.4, 0.5) is 0 Å². The summed E-state index contributed by atoms with van der Waals surface area (Å²) >= 11 is 0. The second-order valence-electron chi connectivity index (χ2n) is 10.4. The monoisotopic (exact) mass is 524 g/mol. The Morgan fingerprint density at radius 1 is 1.16 bits per heavy atom. The zero-order chi connectivity index (χ0) is 28.1. The third-order valence-corrected chi connectivity index (χ3v) is 7.78. The van der Waals surface area contributed by atoms with Crippen molar-refractivity contribution in [2.45, 2.75) is 109 Å². The molecule has 11 nitrogen and oxygen atoms in total. The van der Waals surface area contributed by atoms with Gasteiger partial charge in [-0.2, -0.15) is 0 Å². The molecule has 2 aliphatic carbocycles. The predicted molar refractivity (Wildman–Crippen MR) is 127 cm³/mol. The fraction of sp³-hybridized carbons (Fsp3) is 0.692. The van der Waals surface area contributed by atoms with Gasteiger partial charge in [0.05, 0.1) is 12.0 Å². The Morgan fingerprint density at radius 3 is 2.32 bits per heavy atom. The number of carbonyl (C=O) groups is 4. The Morgan fingerprint density at radius 2 is 1.78 bits per heavy atom. The summed E-state index contributed by atoms with van der Waals surface area (Å²) in [6, 6.07) is 0. The molecule has 0 aromatic rings. The maximum atomic E-state index is 12.8. The zero-order valence-corrected chi connectivity index (χ0v) is 22.2. The van der Waals surface area contributed by atoms with Gasteiger partial charge in [0, 0.05) is 25.3 Å². The minimum absolute atomic E-state index is 0.0517. The van der Waals surface area contributed by atoms with Crippen LogP contribution in [0, 0.1) is 5.92 Å². The van der Waals surface area contributed by atoms with Crippen molar-refractivity contribution in [1.82, 2.24) is 0 Å². The van der Waals surface area contributed by atoms with Crippen LogP contribution in [-0.2, 0) is 38.1 Å². The molecule has 2 fully saturated rings. The van der Waals surface area contributed by atoms with E-state index in [0.29, 0.717) is 6.42 Å². The number of rotatable bonds is 6. The smallest absolute Gasteiger partial charge is 0.341 e. The van der Waals surface area contributed by atoms with Crippen molar-refractivity contribution in [3.05, 3.63) is 22.8 Å². The summed E-state index contributed by atoms with van der Waals surface area (Å²) in [5.74, 6) is -4.29. The molecule has 206 valence electrons. The first kappa shape index (κ1) is 28.8. The van der Waals surface area contributed by atoms with Gasteiger partial charge in [0.15, 0.2) is 29.5 Å². The van der Waals surface area contributed by atoms with E-state index in [4.69, 9.17) is 18.9 Å². The van der Waals surface area contributed by atoms with E-state index in [1.165, 1.54) is 6.92 Å². The summed E-state index contributed by atoms with van der Waals surface area (Å²) in [5, 5.41) is 33.8. The van der Waals surface area contributed by atoms with E-state index in [-0.39, 0.29) is 23.1 Å². The van der Waals surface area contributed by atoms with Crippen molar-refractivity contribution >= 4 is 23.9 Å². The lowest BCUT2D eigenvalue weighted by Crippen LogP contribution is -2.63. The van der Waals surface area contributed by atoms with Crippen LogP contribution >= 0.6 is 0 Å². The molecule has 37 heavy (non-hydrogen) atoms.